The third-order valence-corrected chi connectivity index (χ3v) is 6.65. The molecule has 0 radical (unpaired) electrons. The van der Waals surface area contributed by atoms with Crippen molar-refractivity contribution in [2.75, 3.05) is 31.6 Å². The number of ether oxygens (including phenoxy) is 1. The predicted octanol–water partition coefficient (Wildman–Crippen LogP) is 4.16. The van der Waals surface area contributed by atoms with Crippen molar-refractivity contribution >= 4 is 22.9 Å². The molecular weight excluding hydrogens is 435 g/mol. The van der Waals surface area contributed by atoms with Gasteiger partial charge in [-0.1, -0.05) is 6.42 Å². The molecule has 2 aliphatic rings. The smallest absolute Gasteiger partial charge is 0.257 e. The Kier molecular flexibility index (Phi) is 6.41. The summed E-state index contributed by atoms with van der Waals surface area (Å²) in [5.74, 6) is 0.111. The van der Waals surface area contributed by atoms with E-state index >= 15 is 0 Å². The van der Waals surface area contributed by atoms with Crippen molar-refractivity contribution < 1.29 is 13.9 Å². The van der Waals surface area contributed by atoms with Crippen LogP contribution >= 0.6 is 0 Å². The zero-order valence-corrected chi connectivity index (χ0v) is 18.9. The predicted molar refractivity (Wildman–Crippen MR) is 125 cm³/mol. The van der Waals surface area contributed by atoms with Crippen LogP contribution < -0.4 is 10.1 Å². The average molecular weight is 463 g/mol. The van der Waals surface area contributed by atoms with Crippen LogP contribution in [-0.4, -0.2) is 51.6 Å². The molecule has 2 aromatic heterocycles. The average Bonchev–Trinajstić information content (AvgIpc) is 3.16. The van der Waals surface area contributed by atoms with Gasteiger partial charge in [-0.3, -0.25) is 15.0 Å². The lowest BCUT2D eigenvalue weighted by atomic mass is 9.81. The summed E-state index contributed by atoms with van der Waals surface area (Å²) in [5.41, 5.74) is 1.78. The van der Waals surface area contributed by atoms with Crippen molar-refractivity contribution in [1.29, 1.82) is 5.26 Å². The molecule has 5 rings (SSSR count). The molecule has 1 amide bonds. The van der Waals surface area contributed by atoms with Crippen LogP contribution in [0.25, 0.3) is 11.0 Å². The molecule has 0 spiro atoms. The SMILES string of the molecule is N#CC1CC(n2c(NC(=O)c3ccc(F)cc3)nc3cnc(OCCN4CCCCC4)cc32)C1. The number of fused-ring (bicyclic) bond motifs is 1. The number of hydrogen-bond donors (Lipinski definition) is 1. The molecule has 0 atom stereocenters. The monoisotopic (exact) mass is 462 g/mol. The van der Waals surface area contributed by atoms with Gasteiger partial charge in [-0.05, 0) is 63.0 Å². The Morgan fingerprint density at radius 3 is 2.71 bits per heavy atom. The lowest BCUT2D eigenvalue weighted by Crippen LogP contribution is -2.33. The van der Waals surface area contributed by atoms with Crippen molar-refractivity contribution in [3.8, 4) is 11.9 Å². The number of piperidine rings is 1. The molecule has 0 unspecified atom stereocenters. The van der Waals surface area contributed by atoms with E-state index in [1.165, 1.54) is 43.5 Å². The van der Waals surface area contributed by atoms with Crippen LogP contribution in [0.5, 0.6) is 5.88 Å². The Morgan fingerprint density at radius 2 is 1.97 bits per heavy atom. The minimum absolute atomic E-state index is 0.00907. The number of pyridine rings is 1. The van der Waals surface area contributed by atoms with Gasteiger partial charge in [0.15, 0.2) is 0 Å². The molecular formula is C25H27FN6O2. The van der Waals surface area contributed by atoms with Crippen molar-refractivity contribution in [3.63, 3.8) is 0 Å². The van der Waals surface area contributed by atoms with Crippen molar-refractivity contribution in [2.24, 2.45) is 5.92 Å². The highest BCUT2D eigenvalue weighted by Crippen LogP contribution is 2.41. The number of anilines is 1. The zero-order chi connectivity index (χ0) is 23.5. The molecule has 2 fully saturated rings. The van der Waals surface area contributed by atoms with E-state index < -0.39 is 5.82 Å². The van der Waals surface area contributed by atoms with E-state index in [1.54, 1.807) is 6.20 Å². The van der Waals surface area contributed by atoms with Gasteiger partial charge < -0.3 is 9.30 Å². The second-order valence-electron chi connectivity index (χ2n) is 8.98. The van der Waals surface area contributed by atoms with Gasteiger partial charge in [0, 0.05) is 24.2 Å². The molecule has 8 nitrogen and oxygen atoms in total. The fourth-order valence-corrected chi connectivity index (χ4v) is 4.66. The van der Waals surface area contributed by atoms with E-state index in [9.17, 15) is 14.4 Å². The van der Waals surface area contributed by atoms with Crippen LogP contribution in [0.4, 0.5) is 10.3 Å². The molecule has 1 saturated heterocycles. The number of imidazole rings is 1. The van der Waals surface area contributed by atoms with Gasteiger partial charge in [-0.25, -0.2) is 14.4 Å². The van der Waals surface area contributed by atoms with Gasteiger partial charge in [0.05, 0.1) is 23.7 Å². The Hall–Kier alpha value is -3.51. The van der Waals surface area contributed by atoms with Crippen molar-refractivity contribution in [1.82, 2.24) is 19.4 Å². The minimum atomic E-state index is -0.403. The molecule has 1 aliphatic heterocycles. The standard InChI is InChI=1S/C25H27FN6O2/c26-19-6-4-18(5-7-19)24(33)30-25-29-21-16-28-23(34-11-10-31-8-2-1-3-9-31)14-22(21)32(25)20-12-17(13-20)15-27/h4-7,14,16-17,20H,1-3,8-13H2,(H,29,30,33). The summed E-state index contributed by atoms with van der Waals surface area (Å²) in [6, 6.07) is 9.56. The normalized spacial score (nSPS) is 20.5. The number of nitrogens with zero attached hydrogens (tertiary/aromatic N) is 5. The van der Waals surface area contributed by atoms with Crippen LogP contribution in [0.2, 0.25) is 0 Å². The first kappa shape index (κ1) is 22.3. The maximum atomic E-state index is 13.2. The molecule has 1 N–H and O–H groups in total. The Balaban J connectivity index is 1.37. The number of aromatic nitrogens is 3. The number of nitriles is 1. The summed E-state index contributed by atoms with van der Waals surface area (Å²) >= 11 is 0. The van der Waals surface area contributed by atoms with E-state index in [-0.39, 0.29) is 17.9 Å². The fourth-order valence-electron chi connectivity index (χ4n) is 4.66. The number of likely N-dealkylation sites (tertiary alicyclic amines) is 1. The maximum absolute atomic E-state index is 13.2. The minimum Gasteiger partial charge on any atom is -0.476 e. The number of rotatable bonds is 7. The third kappa shape index (κ3) is 4.73. The van der Waals surface area contributed by atoms with Gasteiger partial charge >= 0.3 is 0 Å². The molecule has 1 aliphatic carbocycles. The Labute approximate surface area is 197 Å². The highest BCUT2D eigenvalue weighted by atomic mass is 19.1. The summed E-state index contributed by atoms with van der Waals surface area (Å²) in [6.45, 7) is 3.65. The summed E-state index contributed by atoms with van der Waals surface area (Å²) in [7, 11) is 0. The first-order valence-electron chi connectivity index (χ1n) is 11.8. The number of carbonyl (C=O) groups is 1. The van der Waals surface area contributed by atoms with Crippen LogP contribution in [-0.2, 0) is 0 Å². The van der Waals surface area contributed by atoms with Crippen LogP contribution in [0.3, 0.4) is 0 Å². The number of nitrogens with one attached hydrogen (secondary N) is 1. The largest absolute Gasteiger partial charge is 0.476 e. The number of benzene rings is 1. The lowest BCUT2D eigenvalue weighted by Gasteiger charge is -2.33. The van der Waals surface area contributed by atoms with Gasteiger partial charge in [-0.15, -0.1) is 0 Å². The van der Waals surface area contributed by atoms with E-state index in [0.717, 1.165) is 25.2 Å². The van der Waals surface area contributed by atoms with E-state index in [4.69, 9.17) is 4.74 Å². The van der Waals surface area contributed by atoms with E-state index in [2.05, 4.69) is 26.3 Å². The number of carbonyl (C=O) groups excluding carboxylic acids is 1. The molecule has 0 bridgehead atoms. The Bertz CT molecular complexity index is 1210. The van der Waals surface area contributed by atoms with Gasteiger partial charge in [0.1, 0.15) is 17.9 Å². The maximum Gasteiger partial charge on any atom is 0.257 e. The van der Waals surface area contributed by atoms with Gasteiger partial charge in [0.25, 0.3) is 5.91 Å². The van der Waals surface area contributed by atoms with Gasteiger partial charge in [0.2, 0.25) is 11.8 Å². The quantitative estimate of drug-likeness (QED) is 0.566. The summed E-state index contributed by atoms with van der Waals surface area (Å²) < 4.78 is 21.2. The van der Waals surface area contributed by atoms with Gasteiger partial charge in [-0.2, -0.15) is 5.26 Å². The first-order valence-corrected chi connectivity index (χ1v) is 11.8. The summed E-state index contributed by atoms with van der Waals surface area (Å²) in [6.07, 6.45) is 6.80. The molecule has 34 heavy (non-hydrogen) atoms. The summed E-state index contributed by atoms with van der Waals surface area (Å²) in [5, 5.41) is 12.1. The summed E-state index contributed by atoms with van der Waals surface area (Å²) in [4.78, 5) is 24.2. The Morgan fingerprint density at radius 1 is 1.21 bits per heavy atom. The lowest BCUT2D eigenvalue weighted by molar-refractivity contribution is 0.102. The van der Waals surface area contributed by atoms with Crippen LogP contribution in [0.15, 0.2) is 36.5 Å². The molecule has 1 saturated carbocycles. The van der Waals surface area contributed by atoms with Crippen LogP contribution in [0, 0.1) is 23.1 Å². The second-order valence-corrected chi connectivity index (χ2v) is 8.98. The van der Waals surface area contributed by atoms with Crippen molar-refractivity contribution in [3.05, 3.63) is 47.9 Å². The number of halogens is 1. The number of amides is 1. The highest BCUT2D eigenvalue weighted by Gasteiger charge is 2.33. The second kappa shape index (κ2) is 9.77. The molecule has 3 heterocycles. The topological polar surface area (TPSA) is 96.1 Å². The molecule has 9 heteroatoms. The molecule has 1 aromatic carbocycles. The van der Waals surface area contributed by atoms with Crippen LogP contribution in [0.1, 0.15) is 48.5 Å². The molecule has 3 aromatic rings. The first-order chi connectivity index (χ1) is 16.6. The van der Waals surface area contributed by atoms with Crippen molar-refractivity contribution in [2.45, 2.75) is 38.1 Å². The third-order valence-electron chi connectivity index (χ3n) is 6.65. The van der Waals surface area contributed by atoms with E-state index in [0.29, 0.717) is 42.4 Å². The highest BCUT2D eigenvalue weighted by molar-refractivity contribution is 6.04. The number of hydrogen-bond acceptors (Lipinski definition) is 6. The van der Waals surface area contributed by atoms with E-state index in [1.807, 2.05) is 10.6 Å². The zero-order valence-electron chi connectivity index (χ0n) is 18.9. The molecule has 176 valence electrons. The fraction of sp³-hybridized carbons (Fsp3) is 0.440.